The van der Waals surface area contributed by atoms with Gasteiger partial charge in [0.2, 0.25) is 0 Å². The van der Waals surface area contributed by atoms with Gasteiger partial charge in [0, 0.05) is 11.6 Å². The van der Waals surface area contributed by atoms with Crippen molar-refractivity contribution >= 4 is 11.6 Å². The van der Waals surface area contributed by atoms with Crippen LogP contribution < -0.4 is 15.8 Å². The highest BCUT2D eigenvalue weighted by Gasteiger charge is 2.32. The molecule has 3 N–H and O–H groups in total. The minimum atomic E-state index is -4.82. The van der Waals surface area contributed by atoms with Crippen LogP contribution in [0.4, 0.5) is 18.9 Å². The SMILES string of the molecule is CC(NC(=O)c1ccc(OC(F)(F)F)c(N)c1)C(C)(C)C. The monoisotopic (exact) mass is 304 g/mol. The summed E-state index contributed by atoms with van der Waals surface area (Å²) in [6, 6.07) is 3.31. The van der Waals surface area contributed by atoms with Gasteiger partial charge >= 0.3 is 6.36 Å². The minimum absolute atomic E-state index is 0.114. The third-order valence-electron chi connectivity index (χ3n) is 3.14. The van der Waals surface area contributed by atoms with Gasteiger partial charge in [-0.15, -0.1) is 13.2 Å². The van der Waals surface area contributed by atoms with E-state index in [2.05, 4.69) is 10.1 Å². The van der Waals surface area contributed by atoms with Crippen molar-refractivity contribution in [2.45, 2.75) is 40.1 Å². The summed E-state index contributed by atoms with van der Waals surface area (Å²) in [4.78, 5) is 12.0. The van der Waals surface area contributed by atoms with Crippen molar-refractivity contribution in [3.05, 3.63) is 23.8 Å². The van der Waals surface area contributed by atoms with Crippen LogP contribution in [0.25, 0.3) is 0 Å². The van der Waals surface area contributed by atoms with Crippen LogP contribution in [0.15, 0.2) is 18.2 Å². The van der Waals surface area contributed by atoms with Crippen molar-refractivity contribution in [1.29, 1.82) is 0 Å². The third kappa shape index (κ3) is 5.17. The molecule has 7 heteroatoms. The van der Waals surface area contributed by atoms with E-state index in [4.69, 9.17) is 5.73 Å². The zero-order valence-electron chi connectivity index (χ0n) is 12.3. The molecule has 1 rings (SSSR count). The van der Waals surface area contributed by atoms with E-state index in [9.17, 15) is 18.0 Å². The van der Waals surface area contributed by atoms with E-state index in [0.29, 0.717) is 0 Å². The number of rotatable bonds is 3. The van der Waals surface area contributed by atoms with E-state index >= 15 is 0 Å². The smallest absolute Gasteiger partial charge is 0.404 e. The van der Waals surface area contributed by atoms with Crippen molar-refractivity contribution in [2.75, 3.05) is 5.73 Å². The molecule has 0 aromatic heterocycles. The van der Waals surface area contributed by atoms with Crippen LogP contribution in [0.5, 0.6) is 5.75 Å². The Hall–Kier alpha value is -1.92. The molecule has 0 aliphatic heterocycles. The summed E-state index contributed by atoms with van der Waals surface area (Å²) >= 11 is 0. The van der Waals surface area contributed by atoms with Crippen LogP contribution in [0.1, 0.15) is 38.1 Å². The number of alkyl halides is 3. The number of hydrogen-bond donors (Lipinski definition) is 2. The molecular weight excluding hydrogens is 285 g/mol. The Balaban J connectivity index is 2.86. The maximum Gasteiger partial charge on any atom is 0.573 e. The topological polar surface area (TPSA) is 64.3 Å². The van der Waals surface area contributed by atoms with E-state index in [1.807, 2.05) is 27.7 Å². The van der Waals surface area contributed by atoms with Crippen LogP contribution in [0.2, 0.25) is 0 Å². The first-order valence-electron chi connectivity index (χ1n) is 6.36. The Morgan fingerprint density at radius 3 is 2.29 bits per heavy atom. The summed E-state index contributed by atoms with van der Waals surface area (Å²) in [5.41, 5.74) is 5.27. The Bertz CT molecular complexity index is 522. The predicted molar refractivity (Wildman–Crippen MR) is 73.9 cm³/mol. The number of benzene rings is 1. The highest BCUT2D eigenvalue weighted by atomic mass is 19.4. The fraction of sp³-hybridized carbons (Fsp3) is 0.500. The average Bonchev–Trinajstić information content (AvgIpc) is 2.28. The molecule has 0 aliphatic rings. The average molecular weight is 304 g/mol. The number of carbonyl (C=O) groups excluding carboxylic acids is 1. The number of hydrogen-bond acceptors (Lipinski definition) is 3. The number of carbonyl (C=O) groups is 1. The maximum atomic E-state index is 12.1. The van der Waals surface area contributed by atoms with E-state index in [1.54, 1.807) is 0 Å². The lowest BCUT2D eigenvalue weighted by molar-refractivity contribution is -0.274. The van der Waals surface area contributed by atoms with Gasteiger partial charge in [-0.3, -0.25) is 4.79 Å². The molecule has 0 heterocycles. The Morgan fingerprint density at radius 2 is 1.86 bits per heavy atom. The minimum Gasteiger partial charge on any atom is -0.404 e. The molecule has 118 valence electrons. The van der Waals surface area contributed by atoms with Gasteiger partial charge in [-0.25, -0.2) is 0 Å². The molecule has 0 bridgehead atoms. The maximum absolute atomic E-state index is 12.1. The van der Waals surface area contributed by atoms with Crippen LogP contribution in [-0.2, 0) is 0 Å². The number of nitrogens with two attached hydrogens (primary N) is 1. The van der Waals surface area contributed by atoms with Gasteiger partial charge in [-0.1, -0.05) is 20.8 Å². The van der Waals surface area contributed by atoms with Gasteiger partial charge in [0.05, 0.1) is 5.69 Å². The molecule has 0 spiro atoms. The molecule has 4 nitrogen and oxygen atoms in total. The number of amides is 1. The van der Waals surface area contributed by atoms with Crippen molar-refractivity contribution in [3.63, 3.8) is 0 Å². The number of halogens is 3. The van der Waals surface area contributed by atoms with Crippen LogP contribution in [0.3, 0.4) is 0 Å². The van der Waals surface area contributed by atoms with Gasteiger partial charge in [0.15, 0.2) is 5.75 Å². The van der Waals surface area contributed by atoms with Gasteiger partial charge in [-0.2, -0.15) is 0 Å². The summed E-state index contributed by atoms with van der Waals surface area (Å²) in [5, 5.41) is 2.77. The highest BCUT2D eigenvalue weighted by Crippen LogP contribution is 2.29. The lowest BCUT2D eigenvalue weighted by atomic mass is 9.88. The zero-order valence-corrected chi connectivity index (χ0v) is 12.3. The lowest BCUT2D eigenvalue weighted by Crippen LogP contribution is -2.41. The van der Waals surface area contributed by atoms with Crippen molar-refractivity contribution in [2.24, 2.45) is 5.41 Å². The van der Waals surface area contributed by atoms with Gasteiger partial charge < -0.3 is 15.8 Å². The molecular formula is C14H19F3N2O2. The Morgan fingerprint density at radius 1 is 1.29 bits per heavy atom. The number of nitrogens with one attached hydrogen (secondary N) is 1. The summed E-state index contributed by atoms with van der Waals surface area (Å²) in [5.74, 6) is -0.925. The molecule has 0 aliphatic carbocycles. The van der Waals surface area contributed by atoms with Gasteiger partial charge in [0.1, 0.15) is 0 Å². The van der Waals surface area contributed by atoms with Gasteiger partial charge in [-0.05, 0) is 30.5 Å². The van der Waals surface area contributed by atoms with Crippen LogP contribution >= 0.6 is 0 Å². The Kier molecular flexibility index (Phi) is 4.76. The second-order valence-corrected chi connectivity index (χ2v) is 5.86. The summed E-state index contributed by atoms with van der Waals surface area (Å²) < 4.78 is 40.1. The molecule has 0 radical (unpaired) electrons. The Labute approximate surface area is 121 Å². The number of ether oxygens (including phenoxy) is 1. The molecule has 21 heavy (non-hydrogen) atoms. The van der Waals surface area contributed by atoms with Crippen LogP contribution in [0, 0.1) is 5.41 Å². The van der Waals surface area contributed by atoms with Crippen molar-refractivity contribution < 1.29 is 22.7 Å². The van der Waals surface area contributed by atoms with Crippen LogP contribution in [-0.4, -0.2) is 18.3 Å². The predicted octanol–water partition coefficient (Wildman–Crippen LogP) is 3.33. The largest absolute Gasteiger partial charge is 0.573 e. The summed E-state index contributed by atoms with van der Waals surface area (Å²) in [6.07, 6.45) is -4.82. The summed E-state index contributed by atoms with van der Waals surface area (Å²) in [7, 11) is 0. The molecule has 0 saturated carbocycles. The molecule has 0 saturated heterocycles. The van der Waals surface area contributed by atoms with Crippen molar-refractivity contribution in [1.82, 2.24) is 5.32 Å². The second-order valence-electron chi connectivity index (χ2n) is 5.86. The normalized spacial score (nSPS) is 13.7. The second kappa shape index (κ2) is 5.83. The molecule has 1 aromatic rings. The first kappa shape index (κ1) is 17.1. The molecule has 0 fully saturated rings. The quantitative estimate of drug-likeness (QED) is 0.842. The molecule has 1 aromatic carbocycles. The van der Waals surface area contributed by atoms with E-state index in [-0.39, 0.29) is 22.7 Å². The number of anilines is 1. The third-order valence-corrected chi connectivity index (χ3v) is 3.14. The molecule has 1 unspecified atom stereocenters. The van der Waals surface area contributed by atoms with E-state index in [0.717, 1.165) is 12.1 Å². The van der Waals surface area contributed by atoms with Crippen molar-refractivity contribution in [3.8, 4) is 5.75 Å². The first-order valence-corrected chi connectivity index (χ1v) is 6.36. The fourth-order valence-corrected chi connectivity index (χ4v) is 1.40. The highest BCUT2D eigenvalue weighted by molar-refractivity contribution is 5.95. The molecule has 1 atom stereocenters. The standard InChI is InChI=1S/C14H19F3N2O2/c1-8(13(2,3)4)19-12(20)9-5-6-11(10(18)7-9)21-14(15,16)17/h5-8H,18H2,1-4H3,(H,19,20). The van der Waals surface area contributed by atoms with E-state index in [1.165, 1.54) is 6.07 Å². The summed E-state index contributed by atoms with van der Waals surface area (Å²) in [6.45, 7) is 7.74. The molecule has 1 amide bonds. The number of nitrogen functional groups attached to an aromatic ring is 1. The lowest BCUT2D eigenvalue weighted by Gasteiger charge is -2.28. The first-order chi connectivity index (χ1) is 9.40. The van der Waals surface area contributed by atoms with Gasteiger partial charge in [0.25, 0.3) is 5.91 Å². The van der Waals surface area contributed by atoms with E-state index < -0.39 is 18.0 Å². The zero-order chi connectivity index (χ0) is 16.4. The fourth-order valence-electron chi connectivity index (χ4n) is 1.40.